The molecular weight excluding hydrogens is 279 g/mol. The van der Waals surface area contributed by atoms with Crippen LogP contribution in [0.25, 0.3) is 0 Å². The van der Waals surface area contributed by atoms with Gasteiger partial charge in [-0.2, -0.15) is 0 Å². The van der Waals surface area contributed by atoms with Crippen LogP contribution >= 0.6 is 39.1 Å². The first kappa shape index (κ1) is 10.8. The van der Waals surface area contributed by atoms with Crippen LogP contribution in [0, 0.1) is 0 Å². The second-order valence-electron chi connectivity index (χ2n) is 2.24. The molecule has 0 radical (unpaired) electrons. The van der Waals surface area contributed by atoms with E-state index in [0.29, 0.717) is 14.5 Å². The highest BCUT2D eigenvalue weighted by Crippen LogP contribution is 2.30. The molecule has 0 N–H and O–H groups in total. The second kappa shape index (κ2) is 4.31. The van der Waals surface area contributed by atoms with Crippen molar-refractivity contribution in [1.29, 1.82) is 0 Å². The van der Waals surface area contributed by atoms with Gasteiger partial charge in [-0.05, 0) is 28.1 Å². The van der Waals surface area contributed by atoms with E-state index in [1.54, 1.807) is 6.07 Å². The molecule has 13 heavy (non-hydrogen) atoms. The zero-order valence-corrected chi connectivity index (χ0v) is 9.70. The van der Waals surface area contributed by atoms with Crippen molar-refractivity contribution in [2.24, 2.45) is 0 Å². The summed E-state index contributed by atoms with van der Waals surface area (Å²) >= 11 is 14.7. The lowest BCUT2D eigenvalue weighted by Crippen LogP contribution is -2.02. The van der Waals surface area contributed by atoms with Crippen molar-refractivity contribution in [3.05, 3.63) is 32.2 Å². The van der Waals surface area contributed by atoms with E-state index in [1.807, 2.05) is 0 Å². The predicted octanol–water partition coefficient (Wildman–Crippen LogP) is 3.54. The summed E-state index contributed by atoms with van der Waals surface area (Å²) in [5, 5.41) is 0.730. The molecule has 0 saturated carbocycles. The zero-order valence-electron chi connectivity index (χ0n) is 6.61. The van der Waals surface area contributed by atoms with Crippen molar-refractivity contribution in [1.82, 2.24) is 0 Å². The van der Waals surface area contributed by atoms with Gasteiger partial charge in [0.15, 0.2) is 0 Å². The molecule has 0 atom stereocenters. The van der Waals surface area contributed by atoms with Crippen LogP contribution in [0.5, 0.6) is 0 Å². The standard InChI is InChI=1S/C8H5BrCl2O2/c1-13-8(12)5-2-4(10)3-6(9)7(5)11/h2-3H,1H3. The second-order valence-corrected chi connectivity index (χ2v) is 3.91. The average molecular weight is 284 g/mol. The third-order valence-electron chi connectivity index (χ3n) is 1.40. The molecule has 1 rings (SSSR count). The van der Waals surface area contributed by atoms with Crippen LogP contribution in [0.3, 0.4) is 0 Å². The summed E-state index contributed by atoms with van der Waals surface area (Å²) in [6, 6.07) is 3.07. The summed E-state index contributed by atoms with van der Waals surface area (Å²) in [6.07, 6.45) is 0. The molecule has 0 unspecified atom stereocenters. The van der Waals surface area contributed by atoms with Gasteiger partial charge in [0.1, 0.15) is 0 Å². The summed E-state index contributed by atoms with van der Waals surface area (Å²) in [5.41, 5.74) is 0.253. The molecule has 0 saturated heterocycles. The lowest BCUT2D eigenvalue weighted by molar-refractivity contribution is 0.0601. The van der Waals surface area contributed by atoms with Crippen molar-refractivity contribution >= 4 is 45.1 Å². The highest BCUT2D eigenvalue weighted by atomic mass is 79.9. The van der Waals surface area contributed by atoms with Crippen LogP contribution < -0.4 is 0 Å². The number of ether oxygens (including phenoxy) is 1. The molecule has 5 heteroatoms. The number of rotatable bonds is 1. The lowest BCUT2D eigenvalue weighted by atomic mass is 10.2. The van der Waals surface area contributed by atoms with E-state index < -0.39 is 5.97 Å². The highest BCUT2D eigenvalue weighted by Gasteiger charge is 2.13. The van der Waals surface area contributed by atoms with E-state index >= 15 is 0 Å². The lowest BCUT2D eigenvalue weighted by Gasteiger charge is -2.04. The van der Waals surface area contributed by atoms with Crippen LogP contribution in [0.2, 0.25) is 10.0 Å². The van der Waals surface area contributed by atoms with Crippen molar-refractivity contribution in [3.63, 3.8) is 0 Å². The molecular formula is C8H5BrCl2O2. The number of methoxy groups -OCH3 is 1. The molecule has 1 aromatic rings. The number of hydrogen-bond acceptors (Lipinski definition) is 2. The Balaban J connectivity index is 3.28. The largest absolute Gasteiger partial charge is 0.465 e. The third kappa shape index (κ3) is 2.36. The Morgan fingerprint density at radius 3 is 2.62 bits per heavy atom. The minimum Gasteiger partial charge on any atom is -0.465 e. The van der Waals surface area contributed by atoms with E-state index in [0.717, 1.165) is 0 Å². The maximum atomic E-state index is 11.2. The monoisotopic (exact) mass is 282 g/mol. The molecule has 0 aliphatic rings. The Hall–Kier alpha value is -0.250. The van der Waals surface area contributed by atoms with E-state index in [-0.39, 0.29) is 5.56 Å². The van der Waals surface area contributed by atoms with Gasteiger partial charge in [-0.15, -0.1) is 0 Å². The van der Waals surface area contributed by atoms with Crippen molar-refractivity contribution < 1.29 is 9.53 Å². The van der Waals surface area contributed by atoms with E-state index in [1.165, 1.54) is 13.2 Å². The van der Waals surface area contributed by atoms with Gasteiger partial charge in [0.05, 0.1) is 17.7 Å². The SMILES string of the molecule is COC(=O)c1cc(Cl)cc(Br)c1Cl. The third-order valence-corrected chi connectivity index (χ3v) is 2.88. The Bertz CT molecular complexity index is 352. The maximum absolute atomic E-state index is 11.2. The van der Waals surface area contributed by atoms with E-state index in [2.05, 4.69) is 20.7 Å². The quantitative estimate of drug-likeness (QED) is 0.582. The van der Waals surface area contributed by atoms with Gasteiger partial charge in [0.25, 0.3) is 0 Å². The zero-order chi connectivity index (χ0) is 10.0. The first-order valence-corrected chi connectivity index (χ1v) is 4.84. The number of carbonyl (C=O) groups is 1. The molecule has 0 heterocycles. The van der Waals surface area contributed by atoms with Gasteiger partial charge in [-0.1, -0.05) is 23.2 Å². The van der Waals surface area contributed by atoms with Gasteiger partial charge >= 0.3 is 5.97 Å². The number of hydrogen-bond donors (Lipinski definition) is 0. The fourth-order valence-electron chi connectivity index (χ4n) is 0.814. The summed E-state index contributed by atoms with van der Waals surface area (Å²) < 4.78 is 5.10. The van der Waals surface area contributed by atoms with Crippen molar-refractivity contribution in [2.75, 3.05) is 7.11 Å². The van der Waals surface area contributed by atoms with Crippen molar-refractivity contribution in [2.45, 2.75) is 0 Å². The van der Waals surface area contributed by atoms with Gasteiger partial charge in [0.2, 0.25) is 0 Å². The van der Waals surface area contributed by atoms with Crippen LogP contribution in [-0.4, -0.2) is 13.1 Å². The molecule has 0 aliphatic heterocycles. The number of carbonyl (C=O) groups excluding carboxylic acids is 1. The Morgan fingerprint density at radius 2 is 2.08 bits per heavy atom. The van der Waals surface area contributed by atoms with E-state index in [4.69, 9.17) is 23.2 Å². The first-order valence-electron chi connectivity index (χ1n) is 3.29. The minimum absolute atomic E-state index is 0.253. The summed E-state index contributed by atoms with van der Waals surface area (Å²) in [7, 11) is 1.29. The average Bonchev–Trinajstić information content (AvgIpc) is 2.10. The molecule has 0 bridgehead atoms. The fourth-order valence-corrected chi connectivity index (χ4v) is 1.81. The number of halogens is 3. The molecule has 1 aromatic carbocycles. The topological polar surface area (TPSA) is 26.3 Å². The molecule has 0 spiro atoms. The summed E-state index contributed by atoms with van der Waals surface area (Å²) in [4.78, 5) is 11.2. The van der Waals surface area contributed by atoms with Crippen molar-refractivity contribution in [3.8, 4) is 0 Å². The number of esters is 1. The molecule has 2 nitrogen and oxygen atoms in total. The van der Waals surface area contributed by atoms with Crippen LogP contribution in [-0.2, 0) is 4.74 Å². The summed E-state index contributed by atoms with van der Waals surface area (Å²) in [5.74, 6) is -0.506. The molecule has 0 amide bonds. The Kier molecular flexibility index (Phi) is 3.59. The van der Waals surface area contributed by atoms with Gasteiger partial charge in [-0.3, -0.25) is 0 Å². The van der Waals surface area contributed by atoms with Gasteiger partial charge in [-0.25, -0.2) is 4.79 Å². The molecule has 70 valence electrons. The van der Waals surface area contributed by atoms with Crippen LogP contribution in [0.1, 0.15) is 10.4 Å². The first-order chi connectivity index (χ1) is 6.06. The van der Waals surface area contributed by atoms with Gasteiger partial charge in [0, 0.05) is 9.50 Å². The highest BCUT2D eigenvalue weighted by molar-refractivity contribution is 9.10. The molecule has 0 aliphatic carbocycles. The number of benzene rings is 1. The predicted molar refractivity (Wildman–Crippen MR) is 55.5 cm³/mol. The smallest absolute Gasteiger partial charge is 0.339 e. The Morgan fingerprint density at radius 1 is 1.46 bits per heavy atom. The van der Waals surface area contributed by atoms with E-state index in [9.17, 15) is 4.79 Å². The maximum Gasteiger partial charge on any atom is 0.339 e. The Labute approximate surface area is 93.9 Å². The fraction of sp³-hybridized carbons (Fsp3) is 0.125. The normalized spacial score (nSPS) is 9.85. The summed E-state index contributed by atoms with van der Waals surface area (Å²) in [6.45, 7) is 0. The van der Waals surface area contributed by atoms with Gasteiger partial charge < -0.3 is 4.74 Å². The van der Waals surface area contributed by atoms with Crippen LogP contribution in [0.4, 0.5) is 0 Å². The molecule has 0 aromatic heterocycles. The minimum atomic E-state index is -0.506. The van der Waals surface area contributed by atoms with Crippen LogP contribution in [0.15, 0.2) is 16.6 Å². The molecule has 0 fully saturated rings.